The summed E-state index contributed by atoms with van der Waals surface area (Å²) in [5.74, 6) is -2.97. The molecule has 22 heavy (non-hydrogen) atoms. The highest BCUT2D eigenvalue weighted by Crippen LogP contribution is 2.11. The molecule has 0 spiro atoms. The smallest absolute Gasteiger partial charge is 0.326 e. The van der Waals surface area contributed by atoms with Gasteiger partial charge in [-0.15, -0.1) is 0 Å². The zero-order valence-corrected chi connectivity index (χ0v) is 12.8. The Morgan fingerprint density at radius 1 is 1.27 bits per heavy atom. The number of benzene rings is 1. The van der Waals surface area contributed by atoms with Gasteiger partial charge in [0.25, 0.3) is 5.91 Å². The lowest BCUT2D eigenvalue weighted by atomic mass is 10.2. The first-order valence-corrected chi connectivity index (χ1v) is 6.93. The molecule has 120 valence electrons. The van der Waals surface area contributed by atoms with Crippen LogP contribution < -0.4 is 10.6 Å². The lowest BCUT2D eigenvalue weighted by Gasteiger charge is -2.14. The fourth-order valence-corrected chi connectivity index (χ4v) is 1.94. The number of hydrogen-bond acceptors (Lipinski definition) is 3. The van der Waals surface area contributed by atoms with Gasteiger partial charge in [0.05, 0.1) is 6.54 Å². The van der Waals surface area contributed by atoms with Crippen molar-refractivity contribution in [2.75, 3.05) is 6.54 Å². The Balaban J connectivity index is 2.51. The van der Waals surface area contributed by atoms with E-state index in [4.69, 9.17) is 5.11 Å². The summed E-state index contributed by atoms with van der Waals surface area (Å²) in [7, 11) is 0. The molecule has 1 rings (SSSR count). The number of alkyl halides is 2. The summed E-state index contributed by atoms with van der Waals surface area (Å²) >= 11 is 3.19. The fraction of sp³-hybridized carbons (Fsp3) is 0.308. The molecule has 0 bridgehead atoms. The van der Waals surface area contributed by atoms with Crippen LogP contribution in [0.2, 0.25) is 0 Å². The van der Waals surface area contributed by atoms with E-state index < -0.39 is 43.2 Å². The molecule has 0 fully saturated rings. The Bertz CT molecular complexity index is 569. The van der Waals surface area contributed by atoms with Gasteiger partial charge in [0.2, 0.25) is 12.3 Å². The van der Waals surface area contributed by atoms with Gasteiger partial charge in [0.15, 0.2) is 0 Å². The van der Waals surface area contributed by atoms with Gasteiger partial charge in [-0.05, 0) is 18.2 Å². The van der Waals surface area contributed by atoms with Crippen LogP contribution in [0.1, 0.15) is 16.8 Å². The molecule has 0 aliphatic rings. The minimum Gasteiger partial charge on any atom is -0.480 e. The molecule has 1 aromatic carbocycles. The number of rotatable bonds is 7. The molecule has 2 amide bonds. The van der Waals surface area contributed by atoms with Crippen molar-refractivity contribution in [1.29, 1.82) is 0 Å². The molecule has 1 aromatic rings. The molecule has 0 saturated heterocycles. The first-order chi connectivity index (χ1) is 10.3. The molecule has 9 heteroatoms. The van der Waals surface area contributed by atoms with E-state index in [0.717, 1.165) is 0 Å². The number of hydrogen-bond donors (Lipinski definition) is 3. The molecule has 1 unspecified atom stereocenters. The number of carbonyl (C=O) groups excluding carboxylic acids is 2. The average molecular weight is 379 g/mol. The minimum absolute atomic E-state index is 0.296. The van der Waals surface area contributed by atoms with Gasteiger partial charge in [-0.1, -0.05) is 22.0 Å². The standard InChI is InChI=1S/C13H13BrF2N2O4/c14-8-3-1-2-7(4-8)12(20)17-6-11(19)18-9(13(21)22)5-10(15)16/h1-4,9-10H,5-6H2,(H,17,20)(H,18,19)(H,21,22). The predicted molar refractivity (Wildman–Crippen MR) is 76.7 cm³/mol. The fourth-order valence-electron chi connectivity index (χ4n) is 1.54. The van der Waals surface area contributed by atoms with Crippen molar-refractivity contribution in [3.8, 4) is 0 Å². The van der Waals surface area contributed by atoms with Crippen LogP contribution in [0.25, 0.3) is 0 Å². The molecule has 0 aliphatic carbocycles. The summed E-state index contributed by atoms with van der Waals surface area (Å²) in [4.78, 5) is 34.0. The highest BCUT2D eigenvalue weighted by molar-refractivity contribution is 9.10. The van der Waals surface area contributed by atoms with E-state index in [1.165, 1.54) is 12.1 Å². The van der Waals surface area contributed by atoms with Crippen LogP contribution in [0.4, 0.5) is 8.78 Å². The molecular weight excluding hydrogens is 366 g/mol. The van der Waals surface area contributed by atoms with E-state index in [-0.39, 0.29) is 0 Å². The van der Waals surface area contributed by atoms with Gasteiger partial charge >= 0.3 is 5.97 Å². The van der Waals surface area contributed by atoms with E-state index in [0.29, 0.717) is 10.0 Å². The van der Waals surface area contributed by atoms with Gasteiger partial charge in [0, 0.05) is 16.5 Å². The molecule has 0 heterocycles. The SMILES string of the molecule is O=C(CNC(=O)c1cccc(Br)c1)NC(CC(F)F)C(=O)O. The molecule has 3 N–H and O–H groups in total. The number of carbonyl (C=O) groups is 3. The molecule has 0 aromatic heterocycles. The minimum atomic E-state index is -2.86. The third-order valence-corrected chi connectivity index (χ3v) is 3.04. The quantitative estimate of drug-likeness (QED) is 0.668. The molecule has 0 saturated carbocycles. The van der Waals surface area contributed by atoms with Crippen molar-refractivity contribution in [2.24, 2.45) is 0 Å². The van der Waals surface area contributed by atoms with Crippen molar-refractivity contribution < 1.29 is 28.3 Å². The second-order valence-corrected chi connectivity index (χ2v) is 5.19. The van der Waals surface area contributed by atoms with Gasteiger partial charge in [0.1, 0.15) is 6.04 Å². The van der Waals surface area contributed by atoms with Crippen LogP contribution in [0.3, 0.4) is 0 Å². The third-order valence-electron chi connectivity index (χ3n) is 2.54. The summed E-state index contributed by atoms with van der Waals surface area (Å²) in [6, 6.07) is 4.70. The number of halogens is 3. The summed E-state index contributed by atoms with van der Waals surface area (Å²) < 4.78 is 25.0. The predicted octanol–water partition coefficient (Wildman–Crippen LogP) is 1.40. The second kappa shape index (κ2) is 8.42. The highest BCUT2D eigenvalue weighted by Gasteiger charge is 2.24. The van der Waals surface area contributed by atoms with E-state index >= 15 is 0 Å². The molecule has 1 atom stereocenters. The topological polar surface area (TPSA) is 95.5 Å². The third kappa shape index (κ3) is 6.17. The zero-order chi connectivity index (χ0) is 16.7. The number of nitrogens with one attached hydrogen (secondary N) is 2. The average Bonchev–Trinajstić information content (AvgIpc) is 2.43. The number of amides is 2. The summed E-state index contributed by atoms with van der Waals surface area (Å²) in [5.41, 5.74) is 0.296. The van der Waals surface area contributed by atoms with Crippen molar-refractivity contribution in [1.82, 2.24) is 10.6 Å². The van der Waals surface area contributed by atoms with Crippen molar-refractivity contribution in [2.45, 2.75) is 18.9 Å². The molecular formula is C13H13BrF2N2O4. The monoisotopic (exact) mass is 378 g/mol. The second-order valence-electron chi connectivity index (χ2n) is 4.28. The van der Waals surface area contributed by atoms with Crippen LogP contribution in [-0.4, -0.2) is 41.9 Å². The Hall–Kier alpha value is -2.03. The number of carboxylic acid groups (broad SMARTS) is 1. The lowest BCUT2D eigenvalue weighted by molar-refractivity contribution is -0.142. The first kappa shape index (κ1) is 18.0. The van der Waals surface area contributed by atoms with E-state index in [1.807, 2.05) is 5.32 Å². The van der Waals surface area contributed by atoms with E-state index in [1.54, 1.807) is 12.1 Å². The maximum Gasteiger partial charge on any atom is 0.326 e. The van der Waals surface area contributed by atoms with Gasteiger partial charge in [-0.25, -0.2) is 13.6 Å². The van der Waals surface area contributed by atoms with Crippen LogP contribution in [0.5, 0.6) is 0 Å². The largest absolute Gasteiger partial charge is 0.480 e. The van der Waals surface area contributed by atoms with E-state index in [2.05, 4.69) is 21.2 Å². The first-order valence-electron chi connectivity index (χ1n) is 6.13. The van der Waals surface area contributed by atoms with Crippen LogP contribution in [-0.2, 0) is 9.59 Å². The van der Waals surface area contributed by atoms with Gasteiger partial charge < -0.3 is 15.7 Å². The maximum absolute atomic E-state index is 12.2. The Labute approximate surface area is 133 Å². The Kier molecular flexibility index (Phi) is 6.90. The molecule has 6 nitrogen and oxygen atoms in total. The number of carboxylic acids is 1. The van der Waals surface area contributed by atoms with Crippen LogP contribution >= 0.6 is 15.9 Å². The summed E-state index contributed by atoms with van der Waals surface area (Å²) in [6.07, 6.45) is -3.86. The van der Waals surface area contributed by atoms with Gasteiger partial charge in [-0.3, -0.25) is 9.59 Å². The maximum atomic E-state index is 12.2. The van der Waals surface area contributed by atoms with Crippen molar-refractivity contribution in [3.63, 3.8) is 0 Å². The number of aliphatic carboxylic acids is 1. The lowest BCUT2D eigenvalue weighted by Crippen LogP contribution is -2.46. The molecule has 0 aliphatic heterocycles. The van der Waals surface area contributed by atoms with Gasteiger partial charge in [-0.2, -0.15) is 0 Å². The van der Waals surface area contributed by atoms with Crippen molar-refractivity contribution in [3.05, 3.63) is 34.3 Å². The van der Waals surface area contributed by atoms with Crippen LogP contribution in [0.15, 0.2) is 28.7 Å². The normalized spacial score (nSPS) is 11.8. The Morgan fingerprint density at radius 3 is 2.50 bits per heavy atom. The zero-order valence-electron chi connectivity index (χ0n) is 11.2. The van der Waals surface area contributed by atoms with E-state index in [9.17, 15) is 23.2 Å². The van der Waals surface area contributed by atoms with Crippen LogP contribution in [0, 0.1) is 0 Å². The molecule has 0 radical (unpaired) electrons. The Morgan fingerprint density at radius 2 is 1.95 bits per heavy atom. The summed E-state index contributed by atoms with van der Waals surface area (Å²) in [5, 5.41) is 12.9. The summed E-state index contributed by atoms with van der Waals surface area (Å²) in [6.45, 7) is -0.516. The highest BCUT2D eigenvalue weighted by atomic mass is 79.9. The van der Waals surface area contributed by atoms with Crippen molar-refractivity contribution >= 4 is 33.7 Å².